The van der Waals surface area contributed by atoms with Gasteiger partial charge in [0.15, 0.2) is 0 Å². The fourth-order valence-corrected chi connectivity index (χ4v) is 1.52. The molecule has 0 aliphatic heterocycles. The van der Waals surface area contributed by atoms with E-state index in [1.807, 2.05) is 6.07 Å². The minimum atomic E-state index is -0.616. The molecule has 0 aromatic heterocycles. The fraction of sp³-hybridized carbons (Fsp3) is 0.385. The second-order valence-corrected chi connectivity index (χ2v) is 4.04. The van der Waals surface area contributed by atoms with Gasteiger partial charge in [0.1, 0.15) is 6.04 Å². The lowest BCUT2D eigenvalue weighted by Gasteiger charge is -2.21. The largest absolute Gasteiger partial charge is 0.395 e. The highest BCUT2D eigenvalue weighted by Crippen LogP contribution is 2.00. The van der Waals surface area contributed by atoms with Crippen molar-refractivity contribution < 1.29 is 14.7 Å². The molecule has 0 saturated carbocycles. The second kappa shape index (κ2) is 6.76. The molecule has 2 amide bonds. The summed E-state index contributed by atoms with van der Waals surface area (Å²) in [5.41, 5.74) is 0.516. The van der Waals surface area contributed by atoms with Crippen LogP contribution in [-0.2, 0) is 4.79 Å². The van der Waals surface area contributed by atoms with E-state index >= 15 is 0 Å². The SMILES string of the molecule is CC(NC(=O)c1ccccc1)C(=O)N(C)CCO. The summed E-state index contributed by atoms with van der Waals surface area (Å²) in [5.74, 6) is -0.512. The monoisotopic (exact) mass is 250 g/mol. The summed E-state index contributed by atoms with van der Waals surface area (Å²) in [4.78, 5) is 25.0. The maximum absolute atomic E-state index is 11.8. The molecule has 1 unspecified atom stereocenters. The van der Waals surface area contributed by atoms with E-state index in [1.165, 1.54) is 4.90 Å². The van der Waals surface area contributed by atoms with Gasteiger partial charge in [-0.3, -0.25) is 9.59 Å². The van der Waals surface area contributed by atoms with Crippen LogP contribution >= 0.6 is 0 Å². The van der Waals surface area contributed by atoms with Crippen LogP contribution in [0.3, 0.4) is 0 Å². The van der Waals surface area contributed by atoms with Gasteiger partial charge in [0, 0.05) is 19.2 Å². The molecule has 0 aliphatic carbocycles. The van der Waals surface area contributed by atoms with Gasteiger partial charge in [-0.15, -0.1) is 0 Å². The number of nitrogens with one attached hydrogen (secondary N) is 1. The maximum Gasteiger partial charge on any atom is 0.251 e. The molecular weight excluding hydrogens is 232 g/mol. The van der Waals surface area contributed by atoms with Gasteiger partial charge >= 0.3 is 0 Å². The third-order valence-electron chi connectivity index (χ3n) is 2.57. The molecule has 0 spiro atoms. The van der Waals surface area contributed by atoms with Crippen LogP contribution in [0.4, 0.5) is 0 Å². The number of hydrogen-bond donors (Lipinski definition) is 2. The van der Waals surface area contributed by atoms with Crippen LogP contribution in [0.5, 0.6) is 0 Å². The van der Waals surface area contributed by atoms with Crippen molar-refractivity contribution in [2.45, 2.75) is 13.0 Å². The van der Waals surface area contributed by atoms with Crippen molar-refractivity contribution in [2.24, 2.45) is 0 Å². The molecule has 18 heavy (non-hydrogen) atoms. The summed E-state index contributed by atoms with van der Waals surface area (Å²) in [6.07, 6.45) is 0. The Morgan fingerprint density at radius 2 is 1.94 bits per heavy atom. The lowest BCUT2D eigenvalue weighted by molar-refractivity contribution is -0.131. The Morgan fingerprint density at radius 1 is 1.33 bits per heavy atom. The number of carbonyl (C=O) groups is 2. The predicted molar refractivity (Wildman–Crippen MR) is 68.1 cm³/mol. The predicted octanol–water partition coefficient (Wildman–Crippen LogP) is 0.256. The number of aliphatic hydroxyl groups is 1. The smallest absolute Gasteiger partial charge is 0.251 e. The van der Waals surface area contributed by atoms with Crippen molar-refractivity contribution in [1.82, 2.24) is 10.2 Å². The molecule has 98 valence electrons. The Balaban J connectivity index is 2.57. The minimum absolute atomic E-state index is 0.0956. The van der Waals surface area contributed by atoms with Crippen molar-refractivity contribution in [3.63, 3.8) is 0 Å². The van der Waals surface area contributed by atoms with Crippen LogP contribution in [0, 0.1) is 0 Å². The fourth-order valence-electron chi connectivity index (χ4n) is 1.52. The van der Waals surface area contributed by atoms with Crippen LogP contribution in [0.2, 0.25) is 0 Å². The molecule has 0 radical (unpaired) electrons. The molecule has 1 aromatic carbocycles. The molecule has 0 heterocycles. The van der Waals surface area contributed by atoms with Crippen molar-refractivity contribution in [3.8, 4) is 0 Å². The average Bonchev–Trinajstić information content (AvgIpc) is 2.39. The quantitative estimate of drug-likeness (QED) is 0.787. The van der Waals surface area contributed by atoms with E-state index in [4.69, 9.17) is 5.11 Å². The zero-order valence-electron chi connectivity index (χ0n) is 10.6. The van der Waals surface area contributed by atoms with Crippen LogP contribution < -0.4 is 5.32 Å². The number of rotatable bonds is 5. The van der Waals surface area contributed by atoms with Crippen molar-refractivity contribution in [2.75, 3.05) is 20.2 Å². The van der Waals surface area contributed by atoms with E-state index in [2.05, 4.69) is 5.32 Å². The van der Waals surface area contributed by atoms with Gasteiger partial charge in [0.2, 0.25) is 5.91 Å². The van der Waals surface area contributed by atoms with E-state index in [-0.39, 0.29) is 25.0 Å². The highest BCUT2D eigenvalue weighted by Gasteiger charge is 2.19. The molecule has 5 nitrogen and oxygen atoms in total. The molecule has 2 N–H and O–H groups in total. The Hall–Kier alpha value is -1.88. The van der Waals surface area contributed by atoms with Gasteiger partial charge in [-0.05, 0) is 19.1 Å². The molecular formula is C13H18N2O3. The number of benzene rings is 1. The number of likely N-dealkylation sites (N-methyl/N-ethyl adjacent to an activating group) is 1. The van der Waals surface area contributed by atoms with E-state index in [1.54, 1.807) is 38.2 Å². The zero-order valence-corrected chi connectivity index (χ0v) is 10.6. The topological polar surface area (TPSA) is 69.6 Å². The maximum atomic E-state index is 11.8. The van der Waals surface area contributed by atoms with Crippen molar-refractivity contribution in [1.29, 1.82) is 0 Å². The van der Waals surface area contributed by atoms with Crippen LogP contribution in [0.25, 0.3) is 0 Å². The molecule has 0 fully saturated rings. The summed E-state index contributed by atoms with van der Waals surface area (Å²) in [5, 5.41) is 11.4. The van der Waals surface area contributed by atoms with E-state index in [9.17, 15) is 9.59 Å². The second-order valence-electron chi connectivity index (χ2n) is 4.04. The van der Waals surface area contributed by atoms with Gasteiger partial charge in [0.25, 0.3) is 5.91 Å². The molecule has 1 aromatic rings. The van der Waals surface area contributed by atoms with E-state index in [0.29, 0.717) is 5.56 Å². The number of hydrogen-bond acceptors (Lipinski definition) is 3. The molecule has 0 saturated heterocycles. The van der Waals surface area contributed by atoms with Gasteiger partial charge < -0.3 is 15.3 Å². The molecule has 5 heteroatoms. The Labute approximate surface area is 106 Å². The molecule has 0 bridgehead atoms. The highest BCUT2D eigenvalue weighted by molar-refractivity contribution is 5.97. The van der Waals surface area contributed by atoms with Gasteiger partial charge in [-0.25, -0.2) is 0 Å². The number of carbonyl (C=O) groups excluding carboxylic acids is 2. The highest BCUT2D eigenvalue weighted by atomic mass is 16.3. The number of nitrogens with zero attached hydrogens (tertiary/aromatic N) is 1. The molecule has 1 atom stereocenters. The Kier molecular flexibility index (Phi) is 5.32. The van der Waals surface area contributed by atoms with Gasteiger partial charge in [-0.2, -0.15) is 0 Å². The summed E-state index contributed by atoms with van der Waals surface area (Å²) in [6.45, 7) is 1.78. The van der Waals surface area contributed by atoms with Crippen molar-refractivity contribution >= 4 is 11.8 Å². The first kappa shape index (κ1) is 14.2. The first-order valence-corrected chi connectivity index (χ1v) is 5.78. The number of amides is 2. The zero-order chi connectivity index (χ0) is 13.5. The third-order valence-corrected chi connectivity index (χ3v) is 2.57. The lowest BCUT2D eigenvalue weighted by Crippen LogP contribution is -2.46. The van der Waals surface area contributed by atoms with Crippen LogP contribution in [-0.4, -0.2) is 48.1 Å². The summed E-state index contributed by atoms with van der Waals surface area (Å²) in [6, 6.07) is 8.10. The molecule has 1 rings (SSSR count). The summed E-state index contributed by atoms with van der Waals surface area (Å²) in [7, 11) is 1.59. The Morgan fingerprint density at radius 3 is 2.50 bits per heavy atom. The van der Waals surface area contributed by atoms with E-state index in [0.717, 1.165) is 0 Å². The van der Waals surface area contributed by atoms with Gasteiger partial charge in [0.05, 0.1) is 6.61 Å². The third kappa shape index (κ3) is 3.85. The standard InChI is InChI=1S/C13H18N2O3/c1-10(13(18)15(2)8-9-16)14-12(17)11-6-4-3-5-7-11/h3-7,10,16H,8-9H2,1-2H3,(H,14,17). The van der Waals surface area contributed by atoms with Gasteiger partial charge in [-0.1, -0.05) is 18.2 Å². The number of aliphatic hydroxyl groups excluding tert-OH is 1. The first-order chi connectivity index (χ1) is 8.56. The van der Waals surface area contributed by atoms with E-state index < -0.39 is 6.04 Å². The van der Waals surface area contributed by atoms with Crippen LogP contribution in [0.15, 0.2) is 30.3 Å². The molecule has 0 aliphatic rings. The normalized spacial score (nSPS) is 11.7. The average molecular weight is 250 g/mol. The first-order valence-electron chi connectivity index (χ1n) is 5.78. The summed E-state index contributed by atoms with van der Waals surface area (Å²) < 4.78 is 0. The summed E-state index contributed by atoms with van der Waals surface area (Å²) >= 11 is 0. The minimum Gasteiger partial charge on any atom is -0.395 e. The lowest BCUT2D eigenvalue weighted by atomic mass is 10.2. The Bertz CT molecular complexity index is 406. The van der Waals surface area contributed by atoms with Crippen LogP contribution in [0.1, 0.15) is 17.3 Å². The van der Waals surface area contributed by atoms with Crippen molar-refractivity contribution in [3.05, 3.63) is 35.9 Å².